The van der Waals surface area contributed by atoms with Crippen molar-refractivity contribution >= 4 is 15.8 Å². The van der Waals surface area contributed by atoms with Crippen LogP contribution < -0.4 is 0 Å². The van der Waals surface area contributed by atoms with Crippen molar-refractivity contribution in [3.8, 4) is 0 Å². The Kier molecular flexibility index (Phi) is 5.49. The highest BCUT2D eigenvalue weighted by Crippen LogP contribution is 2.52. The molecule has 0 unspecified atom stereocenters. The van der Waals surface area contributed by atoms with E-state index in [4.69, 9.17) is 0 Å². The van der Waals surface area contributed by atoms with E-state index in [-0.39, 0.29) is 0 Å². The lowest BCUT2D eigenvalue weighted by atomic mass is 10.00. The molecule has 0 aliphatic heterocycles. The lowest BCUT2D eigenvalue weighted by molar-refractivity contribution is 0.512. The second-order valence-electron chi connectivity index (χ2n) is 5.76. The average molecular weight is 314 g/mol. The van der Waals surface area contributed by atoms with Gasteiger partial charge in [0.05, 0.1) is 0 Å². The molecule has 2 aromatic rings. The highest BCUT2D eigenvalue weighted by atomic mass is 32.3. The van der Waals surface area contributed by atoms with E-state index in [2.05, 4.69) is 85.8 Å². The normalized spacial score (nSPS) is 12.4. The lowest BCUT2D eigenvalue weighted by Crippen LogP contribution is -2.26. The van der Waals surface area contributed by atoms with Crippen LogP contribution in [-0.2, 0) is 0 Å². The van der Waals surface area contributed by atoms with Crippen molar-refractivity contribution in [1.82, 2.24) is 4.31 Å². The van der Waals surface area contributed by atoms with Gasteiger partial charge in [0.1, 0.15) is 0 Å². The van der Waals surface area contributed by atoms with Gasteiger partial charge in [0.2, 0.25) is 0 Å². The molecule has 0 aromatic heterocycles. The molecule has 0 radical (unpaired) electrons. The lowest BCUT2D eigenvalue weighted by Gasteiger charge is -2.42. The van der Waals surface area contributed by atoms with Gasteiger partial charge in [-0.05, 0) is 41.3 Å². The molecule has 0 saturated heterocycles. The SMILES string of the molecule is C=C(c1ccccc1)c1ccc(S(C)(C)N(CC)CC)cc1. The van der Waals surface area contributed by atoms with E-state index < -0.39 is 10.2 Å². The molecule has 0 N–H and O–H groups in total. The third-order valence-corrected chi connectivity index (χ3v) is 7.49. The second kappa shape index (κ2) is 7.17. The maximum Gasteiger partial charge on any atom is 0.00487 e. The van der Waals surface area contributed by atoms with Gasteiger partial charge < -0.3 is 0 Å². The molecule has 0 bridgehead atoms. The van der Waals surface area contributed by atoms with Crippen LogP contribution in [0.15, 0.2) is 66.1 Å². The van der Waals surface area contributed by atoms with E-state index >= 15 is 0 Å². The molecular weight excluding hydrogens is 286 g/mol. The minimum absolute atomic E-state index is 0.905. The zero-order chi connectivity index (χ0) is 16.2. The molecule has 0 saturated carbocycles. The van der Waals surface area contributed by atoms with Crippen LogP contribution in [0.4, 0.5) is 0 Å². The molecule has 0 heterocycles. The smallest absolute Gasteiger partial charge is 0.00487 e. The molecule has 0 spiro atoms. The van der Waals surface area contributed by atoms with Crippen LogP contribution in [0.2, 0.25) is 0 Å². The van der Waals surface area contributed by atoms with Crippen LogP contribution in [0.25, 0.3) is 5.57 Å². The maximum atomic E-state index is 4.25. The first-order valence-electron chi connectivity index (χ1n) is 7.84. The summed E-state index contributed by atoms with van der Waals surface area (Å²) in [6, 6.07) is 19.4. The molecule has 2 heteroatoms. The number of rotatable bonds is 6. The van der Waals surface area contributed by atoms with Crippen LogP contribution in [0, 0.1) is 0 Å². The number of hydrogen-bond acceptors (Lipinski definition) is 1. The van der Waals surface area contributed by atoms with Gasteiger partial charge in [0, 0.05) is 18.0 Å². The predicted octanol–water partition coefficient (Wildman–Crippen LogP) is 5.43. The van der Waals surface area contributed by atoms with Crippen molar-refractivity contribution in [3.63, 3.8) is 0 Å². The second-order valence-corrected chi connectivity index (χ2v) is 9.29. The van der Waals surface area contributed by atoms with E-state index in [0.717, 1.165) is 18.7 Å². The van der Waals surface area contributed by atoms with Crippen molar-refractivity contribution in [2.24, 2.45) is 0 Å². The average Bonchev–Trinajstić information content (AvgIpc) is 2.56. The van der Waals surface area contributed by atoms with Crippen molar-refractivity contribution in [1.29, 1.82) is 0 Å². The molecule has 0 atom stereocenters. The quantitative estimate of drug-likeness (QED) is 0.687. The Balaban J connectivity index is 2.26. The zero-order valence-corrected chi connectivity index (χ0v) is 15.0. The molecule has 1 nitrogen and oxygen atoms in total. The number of benzene rings is 2. The summed E-state index contributed by atoms with van der Waals surface area (Å²) in [6.07, 6.45) is 4.75. The molecule has 0 fully saturated rings. The Morgan fingerprint density at radius 1 is 0.864 bits per heavy atom. The van der Waals surface area contributed by atoms with Gasteiger partial charge in [-0.15, -0.1) is 0 Å². The van der Waals surface area contributed by atoms with Crippen molar-refractivity contribution in [2.75, 3.05) is 25.6 Å². The third-order valence-electron chi connectivity index (χ3n) is 4.25. The molecule has 0 aliphatic carbocycles. The van der Waals surface area contributed by atoms with Crippen LogP contribution in [0.5, 0.6) is 0 Å². The first-order chi connectivity index (χ1) is 10.5. The minimum atomic E-state index is -0.905. The highest BCUT2D eigenvalue weighted by molar-refractivity contribution is 8.30. The molecule has 22 heavy (non-hydrogen) atoms. The molecule has 2 rings (SSSR count). The van der Waals surface area contributed by atoms with Gasteiger partial charge >= 0.3 is 0 Å². The summed E-state index contributed by atoms with van der Waals surface area (Å²) in [4.78, 5) is 1.43. The van der Waals surface area contributed by atoms with Crippen LogP contribution in [0.3, 0.4) is 0 Å². The fraction of sp³-hybridized carbons (Fsp3) is 0.300. The summed E-state index contributed by atoms with van der Waals surface area (Å²) >= 11 is 0. The van der Waals surface area contributed by atoms with E-state index in [0.29, 0.717) is 0 Å². The van der Waals surface area contributed by atoms with E-state index in [1.807, 2.05) is 6.07 Å². The Morgan fingerprint density at radius 2 is 1.36 bits per heavy atom. The van der Waals surface area contributed by atoms with Crippen LogP contribution in [-0.4, -0.2) is 29.9 Å². The van der Waals surface area contributed by atoms with Crippen molar-refractivity contribution in [2.45, 2.75) is 18.7 Å². The molecule has 0 amide bonds. The van der Waals surface area contributed by atoms with Gasteiger partial charge in [-0.25, -0.2) is 0 Å². The number of hydrogen-bond donors (Lipinski definition) is 0. The summed E-state index contributed by atoms with van der Waals surface area (Å²) in [5.74, 6) is 0. The maximum absolute atomic E-state index is 4.25. The Bertz CT molecular complexity index is 610. The first kappa shape index (κ1) is 16.9. The van der Waals surface area contributed by atoms with Gasteiger partial charge in [0.15, 0.2) is 0 Å². The van der Waals surface area contributed by atoms with Gasteiger partial charge in [-0.2, -0.15) is 10.2 Å². The topological polar surface area (TPSA) is 3.24 Å². The zero-order valence-electron chi connectivity index (χ0n) is 14.2. The Morgan fingerprint density at radius 3 is 1.86 bits per heavy atom. The monoisotopic (exact) mass is 313 g/mol. The van der Waals surface area contributed by atoms with E-state index in [9.17, 15) is 0 Å². The standard InChI is InChI=1S/C20H27NS/c1-6-21(7-2)22(4,5)20-15-13-19(14-16-20)17(3)18-11-9-8-10-12-18/h8-16H,3,6-7H2,1-2,4-5H3. The summed E-state index contributed by atoms with van der Waals surface area (Å²) in [5.41, 5.74) is 3.47. The molecular formula is C20H27NS. The molecule has 2 aromatic carbocycles. The fourth-order valence-corrected chi connectivity index (χ4v) is 5.20. The Hall–Kier alpha value is -1.51. The summed E-state index contributed by atoms with van der Waals surface area (Å²) in [7, 11) is -0.905. The first-order valence-corrected chi connectivity index (χ1v) is 10.2. The predicted molar refractivity (Wildman–Crippen MR) is 102 cm³/mol. The third kappa shape index (κ3) is 3.45. The number of nitrogens with zero attached hydrogens (tertiary/aromatic N) is 1. The van der Waals surface area contributed by atoms with Crippen molar-refractivity contribution in [3.05, 3.63) is 72.3 Å². The van der Waals surface area contributed by atoms with Gasteiger partial charge in [-0.3, -0.25) is 4.31 Å². The van der Waals surface area contributed by atoms with E-state index in [1.54, 1.807) is 0 Å². The molecule has 0 aliphatic rings. The van der Waals surface area contributed by atoms with E-state index in [1.165, 1.54) is 16.0 Å². The highest BCUT2D eigenvalue weighted by Gasteiger charge is 2.21. The summed E-state index contributed by atoms with van der Waals surface area (Å²) in [5, 5.41) is 0. The Labute approximate surface area is 137 Å². The summed E-state index contributed by atoms with van der Waals surface area (Å²) < 4.78 is 2.56. The summed E-state index contributed by atoms with van der Waals surface area (Å²) in [6.45, 7) is 10.9. The van der Waals surface area contributed by atoms with Crippen molar-refractivity contribution < 1.29 is 0 Å². The van der Waals surface area contributed by atoms with Crippen LogP contribution >= 0.6 is 10.2 Å². The van der Waals surface area contributed by atoms with Crippen LogP contribution in [0.1, 0.15) is 25.0 Å². The largest absolute Gasteiger partial charge is 0.265 e. The van der Waals surface area contributed by atoms with Gasteiger partial charge in [0.25, 0.3) is 0 Å². The molecule has 118 valence electrons. The van der Waals surface area contributed by atoms with Gasteiger partial charge in [-0.1, -0.05) is 62.9 Å². The minimum Gasteiger partial charge on any atom is -0.265 e. The fourth-order valence-electron chi connectivity index (χ4n) is 2.81.